The van der Waals surface area contributed by atoms with Crippen LogP contribution in [0.25, 0.3) is 0 Å². The molecule has 0 aliphatic heterocycles. The summed E-state index contributed by atoms with van der Waals surface area (Å²) < 4.78 is 1.14. The SMILES string of the molecule is CCC(C)(CCBr)NC(=O)c1ccc(I)cc1. The van der Waals surface area contributed by atoms with Gasteiger partial charge in [-0.25, -0.2) is 0 Å². The molecule has 2 nitrogen and oxygen atoms in total. The predicted molar refractivity (Wildman–Crippen MR) is 83.7 cm³/mol. The number of nitrogens with one attached hydrogen (secondary N) is 1. The largest absolute Gasteiger partial charge is 0.347 e. The van der Waals surface area contributed by atoms with Crippen LogP contribution in [0.15, 0.2) is 24.3 Å². The molecule has 0 spiro atoms. The summed E-state index contributed by atoms with van der Waals surface area (Å²) in [5, 5.41) is 4.00. The van der Waals surface area contributed by atoms with Crippen molar-refractivity contribution in [2.45, 2.75) is 32.2 Å². The molecule has 1 aromatic carbocycles. The highest BCUT2D eigenvalue weighted by Crippen LogP contribution is 2.17. The number of rotatable bonds is 5. The molecular formula is C13H17BrINO. The van der Waals surface area contributed by atoms with Crippen molar-refractivity contribution in [1.82, 2.24) is 5.32 Å². The number of hydrogen-bond donors (Lipinski definition) is 1. The van der Waals surface area contributed by atoms with Gasteiger partial charge in [-0.1, -0.05) is 22.9 Å². The Morgan fingerprint density at radius 3 is 2.47 bits per heavy atom. The van der Waals surface area contributed by atoms with E-state index in [0.29, 0.717) is 0 Å². The van der Waals surface area contributed by atoms with Crippen molar-refractivity contribution in [3.05, 3.63) is 33.4 Å². The van der Waals surface area contributed by atoms with Crippen LogP contribution in [0.4, 0.5) is 0 Å². The third-order valence-corrected chi connectivity index (χ3v) is 4.06. The molecule has 94 valence electrons. The fourth-order valence-corrected chi connectivity index (χ4v) is 2.72. The second-order valence-electron chi connectivity index (χ2n) is 4.31. The first kappa shape index (κ1) is 15.0. The molecule has 0 heterocycles. The van der Waals surface area contributed by atoms with Crippen molar-refractivity contribution in [3.8, 4) is 0 Å². The molecule has 1 rings (SSSR count). The van der Waals surface area contributed by atoms with Crippen LogP contribution >= 0.6 is 38.5 Å². The number of halogens is 2. The molecule has 0 saturated heterocycles. The minimum absolute atomic E-state index is 0.00620. The summed E-state index contributed by atoms with van der Waals surface area (Å²) in [6, 6.07) is 7.62. The topological polar surface area (TPSA) is 29.1 Å². The molecular weight excluding hydrogens is 393 g/mol. The van der Waals surface area contributed by atoms with Gasteiger partial charge < -0.3 is 5.32 Å². The summed E-state index contributed by atoms with van der Waals surface area (Å²) in [4.78, 5) is 12.1. The highest BCUT2D eigenvalue weighted by Gasteiger charge is 2.23. The van der Waals surface area contributed by atoms with Crippen LogP contribution in [0.3, 0.4) is 0 Å². The maximum absolute atomic E-state index is 12.1. The Kier molecular flexibility index (Phi) is 5.92. The number of alkyl halides is 1. The maximum atomic E-state index is 12.1. The Morgan fingerprint density at radius 2 is 2.00 bits per heavy atom. The first-order chi connectivity index (χ1) is 8.00. The molecule has 0 aliphatic rings. The van der Waals surface area contributed by atoms with Gasteiger partial charge in [0.05, 0.1) is 0 Å². The molecule has 1 aromatic rings. The van der Waals surface area contributed by atoms with Gasteiger partial charge in [0.1, 0.15) is 0 Å². The molecule has 4 heteroatoms. The summed E-state index contributed by atoms with van der Waals surface area (Å²) in [5.74, 6) is 0.00620. The van der Waals surface area contributed by atoms with Gasteiger partial charge in [0.15, 0.2) is 0 Å². The van der Waals surface area contributed by atoms with Crippen molar-refractivity contribution in [2.75, 3.05) is 5.33 Å². The van der Waals surface area contributed by atoms with Crippen molar-refractivity contribution < 1.29 is 4.79 Å². The summed E-state index contributed by atoms with van der Waals surface area (Å²) >= 11 is 5.66. The predicted octanol–water partition coefficient (Wildman–Crippen LogP) is 3.97. The van der Waals surface area contributed by atoms with E-state index < -0.39 is 0 Å². The standard InChI is InChI=1S/C13H17BrINO/c1-3-13(2,8-9-14)16-12(17)10-4-6-11(15)7-5-10/h4-7H,3,8-9H2,1-2H3,(H,16,17). The zero-order valence-electron chi connectivity index (χ0n) is 10.1. The van der Waals surface area contributed by atoms with Gasteiger partial charge in [-0.3, -0.25) is 4.79 Å². The summed E-state index contributed by atoms with van der Waals surface area (Å²) in [7, 11) is 0. The molecule has 17 heavy (non-hydrogen) atoms. The molecule has 0 radical (unpaired) electrons. The zero-order chi connectivity index (χ0) is 12.9. The summed E-state index contributed by atoms with van der Waals surface area (Å²) in [5.41, 5.74) is 0.587. The quantitative estimate of drug-likeness (QED) is 0.578. The zero-order valence-corrected chi connectivity index (χ0v) is 13.8. The van der Waals surface area contributed by atoms with E-state index >= 15 is 0 Å². The lowest BCUT2D eigenvalue weighted by Crippen LogP contribution is -2.45. The van der Waals surface area contributed by atoms with Crippen LogP contribution in [0.2, 0.25) is 0 Å². The normalized spacial score (nSPS) is 14.1. The first-order valence-corrected chi connectivity index (χ1v) is 7.85. The fraction of sp³-hybridized carbons (Fsp3) is 0.462. The van der Waals surface area contributed by atoms with Crippen molar-refractivity contribution >= 4 is 44.4 Å². The Bertz CT molecular complexity index is 380. The van der Waals surface area contributed by atoms with Gasteiger partial charge in [-0.15, -0.1) is 0 Å². The lowest BCUT2D eigenvalue weighted by Gasteiger charge is -2.29. The number of carbonyl (C=O) groups excluding carboxylic acids is 1. The number of carbonyl (C=O) groups is 1. The van der Waals surface area contributed by atoms with Crippen LogP contribution in [-0.2, 0) is 0 Å². The smallest absolute Gasteiger partial charge is 0.251 e. The van der Waals surface area contributed by atoms with E-state index in [9.17, 15) is 4.79 Å². The van der Waals surface area contributed by atoms with E-state index in [4.69, 9.17) is 0 Å². The Hall–Kier alpha value is -0.100. The van der Waals surface area contributed by atoms with Gasteiger partial charge in [-0.05, 0) is 66.6 Å². The maximum Gasteiger partial charge on any atom is 0.251 e. The second kappa shape index (κ2) is 6.73. The lowest BCUT2D eigenvalue weighted by molar-refractivity contribution is 0.0902. The van der Waals surface area contributed by atoms with Crippen LogP contribution in [0.5, 0.6) is 0 Å². The van der Waals surface area contributed by atoms with E-state index in [1.165, 1.54) is 0 Å². The Morgan fingerprint density at radius 1 is 1.41 bits per heavy atom. The van der Waals surface area contributed by atoms with Gasteiger partial charge in [0.25, 0.3) is 5.91 Å². The highest BCUT2D eigenvalue weighted by atomic mass is 127. The lowest BCUT2D eigenvalue weighted by atomic mass is 9.95. The fourth-order valence-electron chi connectivity index (χ4n) is 1.48. The van der Waals surface area contributed by atoms with E-state index in [1.54, 1.807) is 0 Å². The average Bonchev–Trinajstić information content (AvgIpc) is 2.30. The van der Waals surface area contributed by atoms with Crippen molar-refractivity contribution in [3.63, 3.8) is 0 Å². The van der Waals surface area contributed by atoms with Gasteiger partial charge in [-0.2, -0.15) is 0 Å². The Labute approximate surface area is 125 Å². The van der Waals surface area contributed by atoms with Gasteiger partial charge in [0, 0.05) is 20.0 Å². The molecule has 1 unspecified atom stereocenters. The molecule has 1 atom stereocenters. The summed E-state index contributed by atoms with van der Waals surface area (Å²) in [6.07, 6.45) is 1.86. The minimum Gasteiger partial charge on any atom is -0.347 e. The molecule has 0 aliphatic carbocycles. The van der Waals surface area contributed by atoms with E-state index in [1.807, 2.05) is 24.3 Å². The minimum atomic E-state index is -0.135. The molecule has 0 fully saturated rings. The average molecular weight is 410 g/mol. The molecule has 0 saturated carbocycles. The van der Waals surface area contributed by atoms with E-state index in [0.717, 1.165) is 27.3 Å². The van der Waals surface area contributed by atoms with Crippen LogP contribution in [0, 0.1) is 3.57 Å². The number of hydrogen-bond acceptors (Lipinski definition) is 1. The number of benzene rings is 1. The molecule has 1 amide bonds. The van der Waals surface area contributed by atoms with Crippen molar-refractivity contribution in [1.29, 1.82) is 0 Å². The Balaban J connectivity index is 2.74. The second-order valence-corrected chi connectivity index (χ2v) is 6.35. The van der Waals surface area contributed by atoms with Crippen molar-refractivity contribution in [2.24, 2.45) is 0 Å². The molecule has 0 bridgehead atoms. The van der Waals surface area contributed by atoms with Crippen LogP contribution < -0.4 is 5.32 Å². The highest BCUT2D eigenvalue weighted by molar-refractivity contribution is 14.1. The van der Waals surface area contributed by atoms with E-state index in [-0.39, 0.29) is 11.4 Å². The van der Waals surface area contributed by atoms with Crippen LogP contribution in [-0.4, -0.2) is 16.8 Å². The number of amides is 1. The third kappa shape index (κ3) is 4.58. The molecule has 1 N–H and O–H groups in total. The summed E-state index contributed by atoms with van der Waals surface area (Å²) in [6.45, 7) is 4.18. The van der Waals surface area contributed by atoms with Crippen LogP contribution in [0.1, 0.15) is 37.0 Å². The third-order valence-electron chi connectivity index (χ3n) is 2.95. The van der Waals surface area contributed by atoms with Gasteiger partial charge in [0.2, 0.25) is 0 Å². The first-order valence-electron chi connectivity index (χ1n) is 5.65. The molecule has 0 aromatic heterocycles. The van der Waals surface area contributed by atoms with Gasteiger partial charge >= 0.3 is 0 Å². The monoisotopic (exact) mass is 409 g/mol. The van der Waals surface area contributed by atoms with E-state index in [2.05, 4.69) is 57.7 Å².